The third kappa shape index (κ3) is 10.8. The van der Waals surface area contributed by atoms with Crippen molar-refractivity contribution in [1.29, 1.82) is 0 Å². The van der Waals surface area contributed by atoms with Gasteiger partial charge in [-0.15, -0.1) is 0 Å². The number of hydrogen-bond donors (Lipinski definition) is 4. The van der Waals surface area contributed by atoms with Crippen LogP contribution in [0.2, 0.25) is 20.6 Å². The maximum absolute atomic E-state index is 16.3. The molecule has 4 N–H and O–H groups in total. The van der Waals surface area contributed by atoms with Crippen LogP contribution in [0.1, 0.15) is 81.1 Å². The summed E-state index contributed by atoms with van der Waals surface area (Å²) in [5, 5.41) is 14.5. The van der Waals surface area contributed by atoms with Crippen LogP contribution in [0.5, 0.6) is 11.5 Å². The lowest BCUT2D eigenvalue weighted by atomic mass is 9.98. The predicted octanol–water partition coefficient (Wildman–Crippen LogP) is 11.1. The quantitative estimate of drug-likeness (QED) is 0.0820. The van der Waals surface area contributed by atoms with Gasteiger partial charge in [0, 0.05) is 72.3 Å². The summed E-state index contributed by atoms with van der Waals surface area (Å²) in [6, 6.07) is 3.98. The molecule has 0 radical (unpaired) electrons. The highest BCUT2D eigenvalue weighted by Crippen LogP contribution is 2.49. The summed E-state index contributed by atoms with van der Waals surface area (Å²) in [5.74, 6) is -3.96. The molecule has 4 aromatic carbocycles. The van der Waals surface area contributed by atoms with Crippen LogP contribution in [0, 0.1) is 23.3 Å². The zero-order valence-corrected chi connectivity index (χ0v) is 51.2. The van der Waals surface area contributed by atoms with Crippen molar-refractivity contribution in [3.8, 4) is 33.8 Å². The molecule has 4 aliphatic heterocycles. The van der Waals surface area contributed by atoms with E-state index in [9.17, 15) is 19.2 Å². The molecule has 8 heterocycles. The minimum Gasteiger partial charge on any atom is -0.486 e. The molecule has 28 heteroatoms. The first-order chi connectivity index (χ1) is 40.5. The van der Waals surface area contributed by atoms with E-state index >= 15 is 17.6 Å². The lowest BCUT2D eigenvalue weighted by Crippen LogP contribution is -2.64. The molecular weight excluding hydrogens is 1210 g/mol. The molecule has 4 fully saturated rings. The number of nitrogens with one attached hydrogen (secondary N) is 4. The number of carbonyl (C=O) groups is 2. The van der Waals surface area contributed by atoms with E-state index in [2.05, 4.69) is 40.8 Å². The highest BCUT2D eigenvalue weighted by molar-refractivity contribution is 6.37. The molecular formula is C58H60Cl4F4N12O8. The number of benzene rings is 4. The van der Waals surface area contributed by atoms with E-state index in [0.717, 1.165) is 12.8 Å². The first kappa shape index (κ1) is 60.7. The van der Waals surface area contributed by atoms with Crippen LogP contribution in [0.4, 0.5) is 27.2 Å². The van der Waals surface area contributed by atoms with Crippen LogP contribution in [0.3, 0.4) is 0 Å². The topological polar surface area (TPSA) is 229 Å². The maximum atomic E-state index is 16.3. The molecule has 2 amide bonds. The van der Waals surface area contributed by atoms with Gasteiger partial charge in [0.05, 0.1) is 57.6 Å². The third-order valence-corrected chi connectivity index (χ3v) is 17.1. The monoisotopic (exact) mass is 1270 g/mol. The number of rotatable bonds is 8. The highest BCUT2D eigenvalue weighted by atomic mass is 35.5. The molecule has 4 saturated heterocycles. The predicted molar refractivity (Wildman–Crippen MR) is 318 cm³/mol. The number of carbonyl (C=O) groups excluding carboxylic acids is 2. The van der Waals surface area contributed by atoms with Crippen LogP contribution >= 0.6 is 46.4 Å². The van der Waals surface area contributed by atoms with E-state index < -0.39 is 93.1 Å². The Hall–Kier alpha value is -6.96. The van der Waals surface area contributed by atoms with E-state index in [4.69, 9.17) is 65.4 Å². The van der Waals surface area contributed by atoms with Crippen molar-refractivity contribution < 1.29 is 46.1 Å². The third-order valence-electron chi connectivity index (χ3n) is 16.1. The van der Waals surface area contributed by atoms with Crippen molar-refractivity contribution in [2.75, 3.05) is 13.1 Å². The first-order valence-electron chi connectivity index (χ1n) is 27.8. The molecule has 0 unspecified atom stereocenters. The largest absolute Gasteiger partial charge is 0.486 e. The summed E-state index contributed by atoms with van der Waals surface area (Å²) in [5.41, 5.74) is -4.20. The van der Waals surface area contributed by atoms with Gasteiger partial charge in [-0.3, -0.25) is 38.7 Å². The zero-order valence-electron chi connectivity index (χ0n) is 48.2. The van der Waals surface area contributed by atoms with Crippen molar-refractivity contribution in [3.05, 3.63) is 101 Å². The van der Waals surface area contributed by atoms with Gasteiger partial charge in [0.25, 0.3) is 11.1 Å². The standard InChI is InChI=1S/2C29H30Cl2F2N6O4/c2*1-12(22-16-9-7-14(11-34-22)39(16)28(41)43-29(2,3)4)42-25-19-23(36-27(31)37-26(19)40)21(33)18(20(25)30)17-15(32)8-6-13-10-35-38(5)24(13)17/h2*6,8,10,12,14,16,22,34H,7,9,11H2,1-5H3,(H,36,37,40)/t2*12-,14+,16-,22+/m00/s1. The molecule has 86 heavy (non-hydrogen) atoms. The van der Waals surface area contributed by atoms with Gasteiger partial charge < -0.3 is 29.6 Å². The van der Waals surface area contributed by atoms with E-state index in [1.54, 1.807) is 37.7 Å². The van der Waals surface area contributed by atoms with Gasteiger partial charge in [0.15, 0.2) is 23.1 Å². The second-order valence-electron chi connectivity index (χ2n) is 24.0. The van der Waals surface area contributed by atoms with Gasteiger partial charge in [-0.1, -0.05) is 23.2 Å². The Labute approximate surface area is 508 Å². The van der Waals surface area contributed by atoms with E-state index in [1.807, 2.05) is 41.5 Å². The Morgan fingerprint density at radius 2 is 0.965 bits per heavy atom. The number of ether oxygens (including phenoxy) is 4. The average Bonchev–Trinajstić information content (AvgIpc) is 0.911. The SMILES string of the molecule is C[C@H](Oc1c(Cl)c(-c2c(F)ccc3cnn(C)c23)c(F)c2nc(Cl)[nH]c(=O)c12)[C@H]1NC[C@H]2CC[C@@H]1N2C(=O)OC(C)(C)C.C[C@H](Oc1c(Cl)c(-c2c(F)ccc3cnn(C)c23)c(F)c2nc(Cl)[nH]c(=O)c12)[C@H]1NC[C@H]2CC[C@@H]1N2C(=O)OC(C)(C)C. The fraction of sp³-hybridized carbons (Fsp3) is 0.448. The van der Waals surface area contributed by atoms with Crippen LogP contribution in [0.15, 0.2) is 46.2 Å². The molecule has 456 valence electrons. The van der Waals surface area contributed by atoms with Crippen molar-refractivity contribution in [1.82, 2.24) is 59.9 Å². The number of amides is 2. The van der Waals surface area contributed by atoms with Crippen LogP contribution in [-0.2, 0) is 23.6 Å². The van der Waals surface area contributed by atoms with Gasteiger partial charge in [0.1, 0.15) is 56.9 Å². The normalized spacial score (nSPS) is 21.0. The number of nitrogens with zero attached hydrogens (tertiary/aromatic N) is 8. The number of aryl methyl sites for hydroxylation is 2. The fourth-order valence-electron chi connectivity index (χ4n) is 12.5. The minimum absolute atomic E-state index is 0.0401. The molecule has 8 aromatic rings. The second kappa shape index (κ2) is 22.6. The smallest absolute Gasteiger partial charge is 0.410 e. The molecule has 0 spiro atoms. The number of H-pyrrole nitrogens is 2. The number of piperazine rings is 2. The lowest BCUT2D eigenvalue weighted by molar-refractivity contribution is -0.00568. The number of aromatic nitrogens is 8. The zero-order chi connectivity index (χ0) is 61.9. The van der Waals surface area contributed by atoms with Crippen LogP contribution < -0.4 is 31.2 Å². The summed E-state index contributed by atoms with van der Waals surface area (Å²) in [4.78, 5) is 68.9. The number of hydrogen-bond acceptors (Lipinski definition) is 14. The molecule has 20 nitrogen and oxygen atoms in total. The lowest BCUT2D eigenvalue weighted by Gasteiger charge is -2.43. The van der Waals surface area contributed by atoms with Crippen LogP contribution in [-0.4, -0.2) is 134 Å². The summed E-state index contributed by atoms with van der Waals surface area (Å²) in [7, 11) is 3.19. The first-order valence-corrected chi connectivity index (χ1v) is 29.3. The Morgan fingerprint density at radius 3 is 1.33 bits per heavy atom. The Balaban J connectivity index is 0.000000179. The molecule has 12 rings (SSSR count). The van der Waals surface area contributed by atoms with E-state index in [-0.39, 0.29) is 100 Å². The molecule has 0 saturated carbocycles. The van der Waals surface area contributed by atoms with Gasteiger partial charge in [-0.05, 0) is 129 Å². The second-order valence-corrected chi connectivity index (χ2v) is 25.4. The van der Waals surface area contributed by atoms with Crippen molar-refractivity contribution in [2.24, 2.45) is 14.1 Å². The van der Waals surface area contributed by atoms with Crippen molar-refractivity contribution in [3.63, 3.8) is 0 Å². The van der Waals surface area contributed by atoms with Crippen molar-refractivity contribution in [2.45, 2.75) is 141 Å². The summed E-state index contributed by atoms with van der Waals surface area (Å²) < 4.78 is 90.6. The molecule has 0 aliphatic carbocycles. The number of aromatic amines is 2. The average molecular weight is 1270 g/mol. The fourth-order valence-corrected chi connectivity index (χ4v) is 13.5. The summed E-state index contributed by atoms with van der Waals surface area (Å²) in [6.45, 7) is 15.4. The van der Waals surface area contributed by atoms with Crippen molar-refractivity contribution >= 4 is 102 Å². The summed E-state index contributed by atoms with van der Waals surface area (Å²) >= 11 is 25.8. The van der Waals surface area contributed by atoms with Gasteiger partial charge in [-0.2, -0.15) is 10.2 Å². The minimum atomic E-state index is -1.04. The summed E-state index contributed by atoms with van der Waals surface area (Å²) in [6.07, 6.45) is 3.77. The van der Waals surface area contributed by atoms with Crippen LogP contribution in [0.25, 0.3) is 65.9 Å². The molecule has 4 aliphatic rings. The molecule has 8 atom stereocenters. The maximum Gasteiger partial charge on any atom is 0.410 e. The van der Waals surface area contributed by atoms with Gasteiger partial charge >= 0.3 is 12.2 Å². The molecule has 4 bridgehead atoms. The Kier molecular flexibility index (Phi) is 16.0. The highest BCUT2D eigenvalue weighted by Gasteiger charge is 2.50. The van der Waals surface area contributed by atoms with Gasteiger partial charge in [0.2, 0.25) is 10.6 Å². The Morgan fingerprint density at radius 1 is 0.593 bits per heavy atom. The van der Waals surface area contributed by atoms with E-state index in [1.165, 1.54) is 46.0 Å². The van der Waals surface area contributed by atoms with E-state index in [0.29, 0.717) is 36.7 Å². The molecule has 4 aromatic heterocycles. The van der Waals surface area contributed by atoms with Gasteiger partial charge in [-0.25, -0.2) is 37.1 Å². The Bertz CT molecular complexity index is 3940. The number of fused-ring (bicyclic) bond motifs is 8. The number of halogens is 8.